The highest BCUT2D eigenvalue weighted by atomic mass is 19.1. The second-order valence-corrected chi connectivity index (χ2v) is 4.22. The summed E-state index contributed by atoms with van der Waals surface area (Å²) in [6.07, 6.45) is 3.36. The van der Waals surface area contributed by atoms with Gasteiger partial charge in [0.25, 0.3) is 5.91 Å². The van der Waals surface area contributed by atoms with E-state index in [2.05, 4.69) is 10.3 Å². The third kappa shape index (κ3) is 3.07. The van der Waals surface area contributed by atoms with Crippen molar-refractivity contribution in [1.82, 2.24) is 10.3 Å². The Bertz CT molecular complexity index is 613. The summed E-state index contributed by atoms with van der Waals surface area (Å²) in [5, 5.41) is 2.66. The number of carbonyl (C=O) groups excluding carboxylic acids is 1. The van der Waals surface area contributed by atoms with E-state index in [0.717, 1.165) is 11.1 Å². The van der Waals surface area contributed by atoms with E-state index in [4.69, 9.17) is 5.73 Å². The molecule has 0 saturated heterocycles. The first-order chi connectivity index (χ1) is 9.08. The molecule has 0 spiro atoms. The van der Waals surface area contributed by atoms with Gasteiger partial charge < -0.3 is 11.1 Å². The zero-order valence-electron chi connectivity index (χ0n) is 10.5. The number of nitrogens with one attached hydrogen (secondary N) is 1. The molecule has 98 valence electrons. The average Bonchev–Trinajstić information content (AvgIpc) is 2.40. The fourth-order valence-corrected chi connectivity index (χ4v) is 1.69. The molecule has 0 bridgehead atoms. The number of hydrogen-bond donors (Lipinski definition) is 2. The summed E-state index contributed by atoms with van der Waals surface area (Å²) in [5.74, 6) is -1.07. The molecular formula is C14H14FN3O. The van der Waals surface area contributed by atoms with Crippen LogP contribution in [0.2, 0.25) is 0 Å². The lowest BCUT2D eigenvalue weighted by atomic mass is 10.1. The number of benzene rings is 1. The Morgan fingerprint density at radius 2 is 2.21 bits per heavy atom. The minimum Gasteiger partial charge on any atom is -0.399 e. The lowest BCUT2D eigenvalue weighted by Gasteiger charge is -2.08. The number of nitrogens with zero attached hydrogens (tertiary/aromatic N) is 1. The highest BCUT2D eigenvalue weighted by Gasteiger charge is 2.11. The van der Waals surface area contributed by atoms with E-state index in [1.807, 2.05) is 13.0 Å². The number of hydrogen-bond acceptors (Lipinski definition) is 3. The van der Waals surface area contributed by atoms with Crippen LogP contribution in [-0.4, -0.2) is 10.9 Å². The van der Waals surface area contributed by atoms with Gasteiger partial charge in [-0.05, 0) is 42.3 Å². The van der Waals surface area contributed by atoms with Crippen LogP contribution in [0.5, 0.6) is 0 Å². The van der Waals surface area contributed by atoms with Gasteiger partial charge in [-0.2, -0.15) is 0 Å². The molecule has 2 rings (SSSR count). The number of halogens is 1. The van der Waals surface area contributed by atoms with Crippen molar-refractivity contribution in [3.05, 3.63) is 59.2 Å². The number of aryl methyl sites for hydroxylation is 1. The normalized spacial score (nSPS) is 10.2. The number of nitrogens with two attached hydrogens (primary N) is 1. The number of amides is 1. The Morgan fingerprint density at radius 3 is 2.95 bits per heavy atom. The topological polar surface area (TPSA) is 68.0 Å². The van der Waals surface area contributed by atoms with E-state index in [0.29, 0.717) is 12.2 Å². The molecule has 0 fully saturated rings. The van der Waals surface area contributed by atoms with E-state index in [-0.39, 0.29) is 5.56 Å². The van der Waals surface area contributed by atoms with Crippen LogP contribution < -0.4 is 11.1 Å². The molecule has 2 aromatic rings. The maximum atomic E-state index is 13.5. The monoisotopic (exact) mass is 259 g/mol. The molecule has 0 aliphatic rings. The SMILES string of the molecule is Cc1cnccc1CNC(=O)c1cc(N)ccc1F. The third-order valence-corrected chi connectivity index (χ3v) is 2.81. The Labute approximate surface area is 110 Å². The van der Waals surface area contributed by atoms with E-state index >= 15 is 0 Å². The van der Waals surface area contributed by atoms with Crippen molar-refractivity contribution in [3.63, 3.8) is 0 Å². The summed E-state index contributed by atoms with van der Waals surface area (Å²) in [6.45, 7) is 2.22. The molecule has 1 amide bonds. The summed E-state index contributed by atoms with van der Waals surface area (Å²) >= 11 is 0. The van der Waals surface area contributed by atoms with Gasteiger partial charge in [-0.25, -0.2) is 4.39 Å². The first kappa shape index (κ1) is 13.0. The van der Waals surface area contributed by atoms with Gasteiger partial charge in [-0.3, -0.25) is 9.78 Å². The fourth-order valence-electron chi connectivity index (χ4n) is 1.69. The number of nitrogen functional groups attached to an aromatic ring is 1. The molecule has 0 saturated carbocycles. The molecule has 19 heavy (non-hydrogen) atoms. The van der Waals surface area contributed by atoms with Crippen LogP contribution in [0.15, 0.2) is 36.7 Å². The predicted molar refractivity (Wildman–Crippen MR) is 71.0 cm³/mol. The van der Waals surface area contributed by atoms with Crippen molar-refractivity contribution >= 4 is 11.6 Å². The largest absolute Gasteiger partial charge is 0.399 e. The van der Waals surface area contributed by atoms with Crippen LogP contribution in [0.1, 0.15) is 21.5 Å². The zero-order chi connectivity index (χ0) is 13.8. The Morgan fingerprint density at radius 1 is 1.42 bits per heavy atom. The van der Waals surface area contributed by atoms with Crippen molar-refractivity contribution in [2.45, 2.75) is 13.5 Å². The highest BCUT2D eigenvalue weighted by Crippen LogP contribution is 2.12. The summed E-state index contributed by atoms with van der Waals surface area (Å²) < 4.78 is 13.5. The molecule has 4 nitrogen and oxygen atoms in total. The van der Waals surface area contributed by atoms with Gasteiger partial charge in [0, 0.05) is 24.6 Å². The lowest BCUT2D eigenvalue weighted by molar-refractivity contribution is 0.0947. The number of carbonyl (C=O) groups is 1. The molecule has 0 radical (unpaired) electrons. The molecule has 0 atom stereocenters. The van der Waals surface area contributed by atoms with Crippen LogP contribution in [0.3, 0.4) is 0 Å². The van der Waals surface area contributed by atoms with Gasteiger partial charge in [0.05, 0.1) is 5.56 Å². The maximum Gasteiger partial charge on any atom is 0.254 e. The van der Waals surface area contributed by atoms with Crippen LogP contribution >= 0.6 is 0 Å². The minimum atomic E-state index is -0.585. The number of aromatic nitrogens is 1. The number of rotatable bonds is 3. The summed E-state index contributed by atoms with van der Waals surface area (Å²) in [5.41, 5.74) is 7.75. The van der Waals surface area contributed by atoms with Crippen molar-refractivity contribution in [1.29, 1.82) is 0 Å². The second-order valence-electron chi connectivity index (χ2n) is 4.22. The van der Waals surface area contributed by atoms with E-state index < -0.39 is 11.7 Å². The first-order valence-corrected chi connectivity index (χ1v) is 5.80. The van der Waals surface area contributed by atoms with Gasteiger partial charge in [0.2, 0.25) is 0 Å². The smallest absolute Gasteiger partial charge is 0.254 e. The van der Waals surface area contributed by atoms with Gasteiger partial charge >= 0.3 is 0 Å². The maximum absolute atomic E-state index is 13.5. The lowest BCUT2D eigenvalue weighted by Crippen LogP contribution is -2.24. The average molecular weight is 259 g/mol. The summed E-state index contributed by atoms with van der Waals surface area (Å²) in [4.78, 5) is 15.8. The number of pyridine rings is 1. The molecule has 5 heteroatoms. The second kappa shape index (κ2) is 5.48. The molecule has 0 aliphatic heterocycles. The summed E-state index contributed by atoms with van der Waals surface area (Å²) in [7, 11) is 0. The summed E-state index contributed by atoms with van der Waals surface area (Å²) in [6, 6.07) is 5.73. The van der Waals surface area contributed by atoms with Crippen LogP contribution in [0.25, 0.3) is 0 Å². The fraction of sp³-hybridized carbons (Fsp3) is 0.143. The van der Waals surface area contributed by atoms with Gasteiger partial charge in [0.1, 0.15) is 5.82 Å². The highest BCUT2D eigenvalue weighted by molar-refractivity contribution is 5.95. The quantitative estimate of drug-likeness (QED) is 0.829. The Hall–Kier alpha value is -2.43. The van der Waals surface area contributed by atoms with Crippen LogP contribution in [0, 0.1) is 12.7 Å². The van der Waals surface area contributed by atoms with Gasteiger partial charge in [-0.1, -0.05) is 0 Å². The van der Waals surface area contributed by atoms with Gasteiger partial charge in [-0.15, -0.1) is 0 Å². The van der Waals surface area contributed by atoms with E-state index in [1.54, 1.807) is 12.4 Å². The number of anilines is 1. The first-order valence-electron chi connectivity index (χ1n) is 5.80. The van der Waals surface area contributed by atoms with Crippen LogP contribution in [0.4, 0.5) is 10.1 Å². The standard InChI is InChI=1S/C14H14FN3O/c1-9-7-17-5-4-10(9)8-18-14(19)12-6-11(16)2-3-13(12)15/h2-7H,8,16H2,1H3,(H,18,19). The van der Waals surface area contributed by atoms with Gasteiger partial charge in [0.15, 0.2) is 0 Å². The Balaban J connectivity index is 2.10. The minimum absolute atomic E-state index is 0.0493. The molecular weight excluding hydrogens is 245 g/mol. The molecule has 1 heterocycles. The molecule has 1 aromatic heterocycles. The third-order valence-electron chi connectivity index (χ3n) is 2.81. The molecule has 0 aliphatic carbocycles. The molecule has 0 unspecified atom stereocenters. The zero-order valence-corrected chi connectivity index (χ0v) is 10.5. The van der Waals surface area contributed by atoms with E-state index in [9.17, 15) is 9.18 Å². The predicted octanol–water partition coefficient (Wildman–Crippen LogP) is 2.04. The Kier molecular flexibility index (Phi) is 3.75. The van der Waals surface area contributed by atoms with Crippen LogP contribution in [-0.2, 0) is 6.54 Å². The van der Waals surface area contributed by atoms with Crippen molar-refractivity contribution < 1.29 is 9.18 Å². The van der Waals surface area contributed by atoms with Crippen molar-refractivity contribution in [2.24, 2.45) is 0 Å². The van der Waals surface area contributed by atoms with Crippen molar-refractivity contribution in [3.8, 4) is 0 Å². The molecule has 3 N–H and O–H groups in total. The molecule has 1 aromatic carbocycles. The van der Waals surface area contributed by atoms with Crippen molar-refractivity contribution in [2.75, 3.05) is 5.73 Å². The van der Waals surface area contributed by atoms with E-state index in [1.165, 1.54) is 18.2 Å².